The lowest BCUT2D eigenvalue weighted by Gasteiger charge is -2.27. The summed E-state index contributed by atoms with van der Waals surface area (Å²) in [4.78, 5) is 42.2. The van der Waals surface area contributed by atoms with Gasteiger partial charge in [0.05, 0.1) is 20.8 Å². The normalized spacial score (nSPS) is 10.8. The Hall–Kier alpha value is -3.82. The Morgan fingerprint density at radius 3 is 2.49 bits per heavy atom. The number of methoxy groups -OCH3 is 2. The number of carbonyl (C=O) groups excluding carboxylic acids is 3. The number of benzene rings is 1. The van der Waals surface area contributed by atoms with E-state index in [4.69, 9.17) is 14.2 Å². The summed E-state index contributed by atoms with van der Waals surface area (Å²) in [5.74, 6) is -0.205. The lowest BCUT2D eigenvalue weighted by Crippen LogP contribution is -2.38. The van der Waals surface area contributed by atoms with Gasteiger partial charge in [0.15, 0.2) is 18.1 Å². The maximum Gasteiger partial charge on any atom is 0.410 e. The van der Waals surface area contributed by atoms with Crippen LogP contribution in [0.15, 0.2) is 42.7 Å². The van der Waals surface area contributed by atoms with Crippen molar-refractivity contribution in [1.82, 2.24) is 15.2 Å². The van der Waals surface area contributed by atoms with Crippen molar-refractivity contribution < 1.29 is 33.3 Å². The fourth-order valence-electron chi connectivity index (χ4n) is 2.97. The molecule has 0 saturated heterocycles. The summed E-state index contributed by atoms with van der Waals surface area (Å²) >= 11 is 0. The molecule has 2 aromatic rings. The van der Waals surface area contributed by atoms with E-state index in [1.807, 2.05) is 32.9 Å². The molecule has 0 saturated carbocycles. The summed E-state index contributed by atoms with van der Waals surface area (Å²) < 4.78 is 20.7. The van der Waals surface area contributed by atoms with Crippen LogP contribution in [-0.2, 0) is 20.8 Å². The van der Waals surface area contributed by atoms with Crippen molar-refractivity contribution in [3.63, 3.8) is 0 Å². The van der Waals surface area contributed by atoms with Crippen molar-refractivity contribution in [2.24, 2.45) is 0 Å². The maximum absolute atomic E-state index is 12.7. The molecule has 190 valence electrons. The number of nitrogens with one attached hydrogen (secondary N) is 1. The van der Waals surface area contributed by atoms with Crippen LogP contribution in [0.2, 0.25) is 0 Å². The van der Waals surface area contributed by atoms with Crippen LogP contribution >= 0.6 is 0 Å². The molecule has 0 aliphatic rings. The van der Waals surface area contributed by atoms with Crippen LogP contribution in [0.25, 0.3) is 0 Å². The quantitative estimate of drug-likeness (QED) is 0.379. The predicted octanol–water partition coefficient (Wildman–Crippen LogP) is 3.20. The number of nitrogens with zero attached hydrogens (tertiary/aromatic N) is 2. The first-order valence-corrected chi connectivity index (χ1v) is 11.2. The third-order valence-corrected chi connectivity index (χ3v) is 4.64. The largest absolute Gasteiger partial charge is 0.493 e. The highest BCUT2D eigenvalue weighted by Crippen LogP contribution is 2.28. The van der Waals surface area contributed by atoms with Crippen LogP contribution in [-0.4, -0.2) is 67.4 Å². The predicted molar refractivity (Wildman–Crippen MR) is 128 cm³/mol. The molecule has 0 radical (unpaired) electrons. The van der Waals surface area contributed by atoms with Gasteiger partial charge in [-0.15, -0.1) is 0 Å². The number of pyridine rings is 1. The number of esters is 1. The molecule has 0 aliphatic carbocycles. The smallest absolute Gasteiger partial charge is 0.410 e. The number of hydrogen-bond donors (Lipinski definition) is 1. The molecule has 1 aromatic carbocycles. The number of ether oxygens (including phenoxy) is 4. The van der Waals surface area contributed by atoms with Gasteiger partial charge in [-0.3, -0.25) is 9.78 Å². The van der Waals surface area contributed by atoms with Gasteiger partial charge in [-0.05, 0) is 57.0 Å². The molecule has 1 aromatic heterocycles. The molecule has 0 spiro atoms. The standard InChI is InChI=1S/C25H33N3O7/c1-25(2,3)35-24(31)28(16-18-8-6-11-26-15-18)13-7-12-27-23(30)19-9-10-20(21(14-19)32-4)34-17-22(29)33-5/h6,8-11,14-15H,7,12-13,16-17H2,1-5H3,(H,27,30). The van der Waals surface area contributed by atoms with E-state index in [0.29, 0.717) is 43.1 Å². The molecule has 0 unspecified atom stereocenters. The first-order valence-electron chi connectivity index (χ1n) is 11.2. The fourth-order valence-corrected chi connectivity index (χ4v) is 2.97. The number of amides is 2. The summed E-state index contributed by atoms with van der Waals surface area (Å²) in [7, 11) is 2.71. The lowest BCUT2D eigenvalue weighted by molar-refractivity contribution is -0.142. The number of rotatable bonds is 11. The third kappa shape index (κ3) is 9.52. The van der Waals surface area contributed by atoms with Crippen LogP contribution in [0.1, 0.15) is 43.1 Å². The minimum atomic E-state index is -0.621. The van der Waals surface area contributed by atoms with E-state index in [1.54, 1.807) is 29.4 Å². The molecule has 0 aliphatic heterocycles. The third-order valence-electron chi connectivity index (χ3n) is 4.64. The molecular formula is C25H33N3O7. The van der Waals surface area contributed by atoms with E-state index >= 15 is 0 Å². The Balaban J connectivity index is 1.93. The van der Waals surface area contributed by atoms with Gasteiger partial charge >= 0.3 is 12.1 Å². The summed E-state index contributed by atoms with van der Waals surface area (Å²) in [6.45, 7) is 6.24. The number of hydrogen-bond acceptors (Lipinski definition) is 8. The van der Waals surface area contributed by atoms with Gasteiger partial charge in [0.1, 0.15) is 5.60 Å². The Morgan fingerprint density at radius 1 is 1.09 bits per heavy atom. The Labute approximate surface area is 205 Å². The average Bonchev–Trinajstić information content (AvgIpc) is 2.83. The van der Waals surface area contributed by atoms with Gasteiger partial charge in [-0.2, -0.15) is 0 Å². The molecule has 2 rings (SSSR count). The molecule has 10 nitrogen and oxygen atoms in total. The van der Waals surface area contributed by atoms with Crippen molar-refractivity contribution in [2.45, 2.75) is 39.3 Å². The Bertz CT molecular complexity index is 990. The van der Waals surface area contributed by atoms with Crippen LogP contribution in [0.4, 0.5) is 4.79 Å². The molecule has 10 heteroatoms. The maximum atomic E-state index is 12.7. The minimum Gasteiger partial charge on any atom is -0.493 e. The summed E-state index contributed by atoms with van der Waals surface area (Å²) in [6.07, 6.45) is 3.46. The molecule has 1 heterocycles. The van der Waals surface area contributed by atoms with Crippen molar-refractivity contribution in [3.8, 4) is 11.5 Å². The highest BCUT2D eigenvalue weighted by molar-refractivity contribution is 5.94. The van der Waals surface area contributed by atoms with E-state index in [9.17, 15) is 14.4 Å². The molecule has 35 heavy (non-hydrogen) atoms. The molecular weight excluding hydrogens is 454 g/mol. The summed E-state index contributed by atoms with van der Waals surface area (Å²) in [5.41, 5.74) is 0.625. The summed E-state index contributed by atoms with van der Waals surface area (Å²) in [5, 5.41) is 2.83. The van der Waals surface area contributed by atoms with E-state index in [1.165, 1.54) is 20.3 Å². The Kier molecular flexibility index (Phi) is 10.3. The topological polar surface area (TPSA) is 116 Å². The van der Waals surface area contributed by atoms with E-state index in [2.05, 4.69) is 15.0 Å². The monoisotopic (exact) mass is 487 g/mol. The van der Waals surface area contributed by atoms with Crippen LogP contribution < -0.4 is 14.8 Å². The minimum absolute atomic E-state index is 0.272. The van der Waals surface area contributed by atoms with Gasteiger partial charge < -0.3 is 29.2 Å². The number of aromatic nitrogens is 1. The average molecular weight is 488 g/mol. The summed E-state index contributed by atoms with van der Waals surface area (Å²) in [6, 6.07) is 8.34. The molecule has 0 fully saturated rings. The zero-order valence-electron chi connectivity index (χ0n) is 20.8. The van der Waals surface area contributed by atoms with E-state index in [-0.39, 0.29) is 12.5 Å². The lowest BCUT2D eigenvalue weighted by atomic mass is 10.2. The second-order valence-corrected chi connectivity index (χ2v) is 8.60. The fraction of sp³-hybridized carbons (Fsp3) is 0.440. The number of carbonyl (C=O) groups is 3. The highest BCUT2D eigenvalue weighted by Gasteiger charge is 2.22. The van der Waals surface area contributed by atoms with Gasteiger partial charge in [0, 0.05) is 31.0 Å². The molecule has 1 N–H and O–H groups in total. The van der Waals surface area contributed by atoms with Gasteiger partial charge in [-0.1, -0.05) is 6.07 Å². The Morgan fingerprint density at radius 2 is 1.86 bits per heavy atom. The second-order valence-electron chi connectivity index (χ2n) is 8.60. The van der Waals surface area contributed by atoms with Crippen molar-refractivity contribution in [3.05, 3.63) is 53.9 Å². The zero-order valence-corrected chi connectivity index (χ0v) is 20.8. The van der Waals surface area contributed by atoms with Gasteiger partial charge in [0.25, 0.3) is 5.91 Å². The van der Waals surface area contributed by atoms with E-state index in [0.717, 1.165) is 5.56 Å². The van der Waals surface area contributed by atoms with Crippen LogP contribution in [0, 0.1) is 0 Å². The van der Waals surface area contributed by atoms with E-state index < -0.39 is 17.7 Å². The van der Waals surface area contributed by atoms with Crippen molar-refractivity contribution >= 4 is 18.0 Å². The zero-order chi connectivity index (χ0) is 25.8. The molecule has 0 atom stereocenters. The highest BCUT2D eigenvalue weighted by atomic mass is 16.6. The van der Waals surface area contributed by atoms with Crippen LogP contribution in [0.5, 0.6) is 11.5 Å². The van der Waals surface area contributed by atoms with Crippen molar-refractivity contribution in [2.75, 3.05) is 33.9 Å². The second kappa shape index (κ2) is 13.2. The molecule has 0 bridgehead atoms. The van der Waals surface area contributed by atoms with Crippen molar-refractivity contribution in [1.29, 1.82) is 0 Å². The molecule has 2 amide bonds. The first kappa shape index (κ1) is 27.4. The first-order chi connectivity index (χ1) is 16.6. The van der Waals surface area contributed by atoms with Gasteiger partial charge in [0.2, 0.25) is 0 Å². The van der Waals surface area contributed by atoms with Gasteiger partial charge in [-0.25, -0.2) is 9.59 Å². The SMILES string of the molecule is COC(=O)COc1ccc(C(=O)NCCCN(Cc2cccnc2)C(=O)OC(C)(C)C)cc1OC. The van der Waals surface area contributed by atoms with Crippen LogP contribution in [0.3, 0.4) is 0 Å².